The Morgan fingerprint density at radius 1 is 1.03 bits per heavy atom. The number of aryl methyl sites for hydroxylation is 1. The third-order valence-electron chi connectivity index (χ3n) is 4.59. The highest BCUT2D eigenvalue weighted by Gasteiger charge is 2.21. The fourth-order valence-corrected chi connectivity index (χ4v) is 3.21. The average molecular weight is 422 g/mol. The fraction of sp³-hybridized carbons (Fsp3) is 0.0870. The number of nitrogens with one attached hydrogen (secondary N) is 1. The van der Waals surface area contributed by atoms with E-state index in [0.29, 0.717) is 23.2 Å². The van der Waals surface area contributed by atoms with E-state index in [1.54, 1.807) is 30.6 Å². The van der Waals surface area contributed by atoms with Gasteiger partial charge in [-0.1, -0.05) is 53.2 Å². The molecule has 2 aromatic carbocycles. The van der Waals surface area contributed by atoms with Crippen LogP contribution in [0.3, 0.4) is 0 Å². The maximum atomic E-state index is 14.0. The van der Waals surface area contributed by atoms with E-state index >= 15 is 0 Å². The van der Waals surface area contributed by atoms with Gasteiger partial charge in [0, 0.05) is 24.4 Å². The molecule has 0 fully saturated rings. The first kappa shape index (κ1) is 19.8. The number of nitrogens with zero attached hydrogens (tertiary/aromatic N) is 2. The van der Waals surface area contributed by atoms with Crippen LogP contribution in [0.5, 0.6) is 0 Å². The van der Waals surface area contributed by atoms with Gasteiger partial charge in [-0.2, -0.15) is 0 Å². The molecule has 0 aliphatic heterocycles. The zero-order chi connectivity index (χ0) is 20.9. The van der Waals surface area contributed by atoms with Crippen LogP contribution in [0.15, 0.2) is 77.6 Å². The van der Waals surface area contributed by atoms with Crippen LogP contribution in [0, 0.1) is 5.82 Å². The van der Waals surface area contributed by atoms with Gasteiger partial charge in [0.1, 0.15) is 11.5 Å². The minimum Gasteiger partial charge on any atom is -0.337 e. The summed E-state index contributed by atoms with van der Waals surface area (Å²) in [7, 11) is 0. The Balaban J connectivity index is 1.63. The van der Waals surface area contributed by atoms with E-state index in [9.17, 15) is 9.18 Å². The molecule has 5 nitrogen and oxygen atoms in total. The summed E-state index contributed by atoms with van der Waals surface area (Å²) in [5.41, 5.74) is 3.23. The predicted octanol–water partition coefficient (Wildman–Crippen LogP) is 5.77. The predicted molar refractivity (Wildman–Crippen MR) is 114 cm³/mol. The number of hydrogen-bond donors (Lipinski definition) is 1. The Kier molecular flexibility index (Phi) is 5.86. The van der Waals surface area contributed by atoms with Crippen LogP contribution in [-0.2, 0) is 11.2 Å². The third-order valence-corrected chi connectivity index (χ3v) is 4.90. The molecule has 7 heteroatoms. The molecule has 4 aromatic rings. The lowest BCUT2D eigenvalue weighted by Gasteiger charge is -2.07. The zero-order valence-electron chi connectivity index (χ0n) is 15.8. The first-order valence-electron chi connectivity index (χ1n) is 9.31. The molecule has 0 aliphatic carbocycles. The van der Waals surface area contributed by atoms with Crippen molar-refractivity contribution in [3.63, 3.8) is 0 Å². The Bertz CT molecular complexity index is 1160. The molecule has 1 N–H and O–H groups in total. The number of rotatable bonds is 6. The minimum absolute atomic E-state index is 0.0159. The Labute approximate surface area is 177 Å². The van der Waals surface area contributed by atoms with Gasteiger partial charge in [-0.15, -0.1) is 0 Å². The second kappa shape index (κ2) is 8.88. The summed E-state index contributed by atoms with van der Waals surface area (Å²) in [6.45, 7) is 0. The number of pyridine rings is 1. The molecule has 0 spiro atoms. The molecule has 150 valence electrons. The van der Waals surface area contributed by atoms with Crippen LogP contribution in [0.1, 0.15) is 12.0 Å². The molecular formula is C23H17ClFN3O2. The third kappa shape index (κ3) is 4.39. The summed E-state index contributed by atoms with van der Waals surface area (Å²) < 4.78 is 19.4. The van der Waals surface area contributed by atoms with Crippen LogP contribution in [0.4, 0.5) is 10.3 Å². The minimum atomic E-state index is -0.564. The lowest BCUT2D eigenvalue weighted by molar-refractivity contribution is -0.116. The molecular weight excluding hydrogens is 405 g/mol. The summed E-state index contributed by atoms with van der Waals surface area (Å²) >= 11 is 5.80. The van der Waals surface area contributed by atoms with Crippen molar-refractivity contribution in [2.75, 3.05) is 5.32 Å². The SMILES string of the molecule is O=C(CCc1ccccc1)Nc1onc(-c2ccc(Cl)c(F)c2)c1-c1ccncc1. The second-order valence-electron chi connectivity index (χ2n) is 6.63. The number of carbonyl (C=O) groups excluding carboxylic acids is 1. The molecule has 0 saturated carbocycles. The zero-order valence-corrected chi connectivity index (χ0v) is 16.6. The van der Waals surface area contributed by atoms with Crippen molar-refractivity contribution < 1.29 is 13.7 Å². The number of amides is 1. The van der Waals surface area contributed by atoms with E-state index in [1.807, 2.05) is 30.3 Å². The summed E-state index contributed by atoms with van der Waals surface area (Å²) in [6.07, 6.45) is 4.12. The molecule has 4 rings (SSSR count). The number of anilines is 1. The maximum Gasteiger partial charge on any atom is 0.239 e. The average Bonchev–Trinajstić information content (AvgIpc) is 3.19. The quantitative estimate of drug-likeness (QED) is 0.429. The number of halogens is 2. The smallest absolute Gasteiger partial charge is 0.239 e. The summed E-state index contributed by atoms with van der Waals surface area (Å²) in [5.74, 6) is -0.574. The normalized spacial score (nSPS) is 10.7. The molecule has 0 saturated heterocycles. The van der Waals surface area contributed by atoms with E-state index in [0.717, 1.165) is 11.1 Å². The lowest BCUT2D eigenvalue weighted by Crippen LogP contribution is -2.12. The van der Waals surface area contributed by atoms with Gasteiger partial charge >= 0.3 is 0 Å². The van der Waals surface area contributed by atoms with Crippen LogP contribution in [-0.4, -0.2) is 16.0 Å². The summed E-state index contributed by atoms with van der Waals surface area (Å²) in [5, 5.41) is 6.89. The second-order valence-corrected chi connectivity index (χ2v) is 7.04. The van der Waals surface area contributed by atoms with Crippen LogP contribution < -0.4 is 5.32 Å². The number of hydrogen-bond acceptors (Lipinski definition) is 4. The van der Waals surface area contributed by atoms with Gasteiger partial charge in [-0.25, -0.2) is 4.39 Å². The van der Waals surface area contributed by atoms with E-state index in [2.05, 4.69) is 15.5 Å². The van der Waals surface area contributed by atoms with Crippen molar-refractivity contribution >= 4 is 23.4 Å². The maximum absolute atomic E-state index is 14.0. The molecule has 1 amide bonds. The van der Waals surface area contributed by atoms with Crippen LogP contribution in [0.25, 0.3) is 22.4 Å². The van der Waals surface area contributed by atoms with Crippen molar-refractivity contribution in [3.8, 4) is 22.4 Å². The van der Waals surface area contributed by atoms with Crippen molar-refractivity contribution in [2.24, 2.45) is 0 Å². The van der Waals surface area contributed by atoms with Crippen molar-refractivity contribution in [1.82, 2.24) is 10.1 Å². The first-order valence-corrected chi connectivity index (χ1v) is 9.69. The highest BCUT2D eigenvalue weighted by Crippen LogP contribution is 2.38. The molecule has 0 bridgehead atoms. The van der Waals surface area contributed by atoms with Gasteiger partial charge < -0.3 is 4.52 Å². The van der Waals surface area contributed by atoms with Crippen molar-refractivity contribution in [2.45, 2.75) is 12.8 Å². The van der Waals surface area contributed by atoms with Crippen LogP contribution in [0.2, 0.25) is 5.02 Å². The molecule has 0 unspecified atom stereocenters. The molecule has 0 radical (unpaired) electrons. The highest BCUT2D eigenvalue weighted by atomic mass is 35.5. The largest absolute Gasteiger partial charge is 0.337 e. The lowest BCUT2D eigenvalue weighted by atomic mass is 10.0. The fourth-order valence-electron chi connectivity index (χ4n) is 3.09. The Morgan fingerprint density at radius 3 is 2.53 bits per heavy atom. The van der Waals surface area contributed by atoms with Gasteiger partial charge in [0.25, 0.3) is 0 Å². The monoisotopic (exact) mass is 421 g/mol. The number of aromatic nitrogens is 2. The topological polar surface area (TPSA) is 68.0 Å². The van der Waals surface area contributed by atoms with Gasteiger partial charge in [-0.3, -0.25) is 15.1 Å². The van der Waals surface area contributed by atoms with E-state index in [1.165, 1.54) is 12.1 Å². The molecule has 2 heterocycles. The van der Waals surface area contributed by atoms with Crippen molar-refractivity contribution in [3.05, 3.63) is 89.5 Å². The highest BCUT2D eigenvalue weighted by molar-refractivity contribution is 6.30. The van der Waals surface area contributed by atoms with Gasteiger partial charge in [0.2, 0.25) is 11.8 Å². The molecule has 2 aromatic heterocycles. The van der Waals surface area contributed by atoms with E-state index in [4.69, 9.17) is 16.1 Å². The molecule has 0 atom stereocenters. The van der Waals surface area contributed by atoms with E-state index in [-0.39, 0.29) is 23.2 Å². The van der Waals surface area contributed by atoms with Gasteiger partial charge in [0.15, 0.2) is 0 Å². The van der Waals surface area contributed by atoms with Gasteiger partial charge in [0.05, 0.1) is 10.6 Å². The Morgan fingerprint density at radius 2 is 1.80 bits per heavy atom. The van der Waals surface area contributed by atoms with Crippen molar-refractivity contribution in [1.29, 1.82) is 0 Å². The summed E-state index contributed by atoms with van der Waals surface area (Å²) in [6, 6.07) is 17.7. The number of carbonyl (C=O) groups is 1. The molecule has 30 heavy (non-hydrogen) atoms. The first-order chi connectivity index (χ1) is 14.6. The Hall–Kier alpha value is -3.51. The molecule has 0 aliphatic rings. The number of benzene rings is 2. The van der Waals surface area contributed by atoms with Gasteiger partial charge in [-0.05, 0) is 41.8 Å². The standard InChI is InChI=1S/C23H17ClFN3O2/c24-18-8-7-17(14-19(18)25)22-21(16-10-12-26-13-11-16)23(30-28-22)27-20(29)9-6-15-4-2-1-3-5-15/h1-5,7-8,10-14H,6,9H2,(H,27,29). The van der Waals surface area contributed by atoms with E-state index < -0.39 is 5.82 Å². The summed E-state index contributed by atoms with van der Waals surface area (Å²) in [4.78, 5) is 16.5. The van der Waals surface area contributed by atoms with Crippen LogP contribution >= 0.6 is 11.6 Å².